The third-order valence-electron chi connectivity index (χ3n) is 5.08. The van der Waals surface area contributed by atoms with Crippen molar-refractivity contribution in [2.45, 2.75) is 32.9 Å². The number of benzene rings is 1. The van der Waals surface area contributed by atoms with E-state index in [0.29, 0.717) is 4.88 Å². The van der Waals surface area contributed by atoms with Crippen molar-refractivity contribution in [3.63, 3.8) is 0 Å². The molecule has 0 bridgehead atoms. The van der Waals surface area contributed by atoms with Crippen molar-refractivity contribution in [3.05, 3.63) is 68.7 Å². The fourth-order valence-electron chi connectivity index (χ4n) is 3.46. The van der Waals surface area contributed by atoms with Crippen LogP contribution >= 0.6 is 11.3 Å². The second-order valence-corrected chi connectivity index (χ2v) is 8.98. The number of halogens is 3. The van der Waals surface area contributed by atoms with E-state index in [1.165, 1.54) is 35.6 Å². The van der Waals surface area contributed by atoms with Gasteiger partial charge in [-0.1, -0.05) is 32.0 Å². The smallest absolute Gasteiger partial charge is 0.325 e. The summed E-state index contributed by atoms with van der Waals surface area (Å²) in [4.78, 5) is 14.3. The topological polar surface area (TPSA) is 72.9 Å². The molecule has 0 aliphatic heterocycles. The molecule has 0 atom stereocenters. The maximum absolute atomic E-state index is 13.3. The van der Waals surface area contributed by atoms with E-state index >= 15 is 0 Å². The Morgan fingerprint density at radius 3 is 2.62 bits per heavy atom. The van der Waals surface area contributed by atoms with Crippen LogP contribution in [0.1, 0.15) is 51.0 Å². The molecule has 0 saturated heterocycles. The number of carbonyl (C=O) groups is 1. The summed E-state index contributed by atoms with van der Waals surface area (Å²) in [6.45, 7) is 5.96. The van der Waals surface area contributed by atoms with Gasteiger partial charge in [-0.3, -0.25) is 9.48 Å². The van der Waals surface area contributed by atoms with Gasteiger partial charge >= 0.3 is 6.18 Å². The van der Waals surface area contributed by atoms with E-state index in [9.17, 15) is 18.0 Å². The predicted octanol–water partition coefficient (Wildman–Crippen LogP) is 5.33. The Kier molecular flexibility index (Phi) is 6.90. The van der Waals surface area contributed by atoms with E-state index < -0.39 is 17.6 Å². The summed E-state index contributed by atoms with van der Waals surface area (Å²) in [7, 11) is 1.85. The quantitative estimate of drug-likeness (QED) is 0.520. The van der Waals surface area contributed by atoms with Crippen molar-refractivity contribution in [3.8, 4) is 11.3 Å². The van der Waals surface area contributed by atoms with Crippen LogP contribution in [-0.4, -0.2) is 22.2 Å². The van der Waals surface area contributed by atoms with Crippen LogP contribution in [-0.2, 0) is 13.2 Å². The highest BCUT2D eigenvalue weighted by atomic mass is 32.1. The number of amides is 1. The number of nitrogens with two attached hydrogens (primary N) is 1. The lowest BCUT2D eigenvalue weighted by Crippen LogP contribution is -2.26. The molecule has 0 spiro atoms. The molecule has 0 aliphatic carbocycles. The summed E-state index contributed by atoms with van der Waals surface area (Å²) in [5, 5.41) is 7.01. The zero-order chi connectivity index (χ0) is 23.6. The molecule has 0 aliphatic rings. The maximum Gasteiger partial charge on any atom is 0.416 e. The molecule has 0 unspecified atom stereocenters. The number of hydrogen-bond donors (Lipinski definition) is 2. The Hall–Kier alpha value is -2.91. The molecule has 1 aromatic carbocycles. The van der Waals surface area contributed by atoms with Crippen molar-refractivity contribution < 1.29 is 18.0 Å². The molecule has 32 heavy (non-hydrogen) atoms. The number of alkyl halides is 3. The number of aryl methyl sites for hydroxylation is 2. The number of thiophene rings is 1. The first-order chi connectivity index (χ1) is 15.0. The van der Waals surface area contributed by atoms with Crippen LogP contribution in [0.5, 0.6) is 0 Å². The van der Waals surface area contributed by atoms with Gasteiger partial charge in [-0.15, -0.1) is 11.3 Å². The normalized spacial score (nSPS) is 12.5. The Morgan fingerprint density at radius 2 is 2.00 bits per heavy atom. The van der Waals surface area contributed by atoms with Crippen LogP contribution in [0.2, 0.25) is 0 Å². The lowest BCUT2D eigenvalue weighted by atomic mass is 10.00. The average molecular weight is 463 g/mol. The first kappa shape index (κ1) is 23.7. The van der Waals surface area contributed by atoms with Crippen molar-refractivity contribution in [2.75, 3.05) is 6.54 Å². The summed E-state index contributed by atoms with van der Waals surface area (Å²) in [6, 6.07) is 6.95. The standard InChI is InChI=1S/C23H25F3N4OS/c1-13(2)18-12-28-30(4)21(18)17-10-20(32-14(17)3)22(31)29-16(11-27)9-15-7-5-6-8-19(15)23(24,25)26/h5-10,12-13H,11,27H2,1-4H3,(H,29,31)/b16-9+. The molecule has 2 heterocycles. The van der Waals surface area contributed by atoms with Gasteiger partial charge in [-0.25, -0.2) is 0 Å². The van der Waals surface area contributed by atoms with E-state index in [4.69, 9.17) is 5.73 Å². The number of rotatable bonds is 6. The molecule has 0 fully saturated rings. The highest BCUT2D eigenvalue weighted by Gasteiger charge is 2.32. The van der Waals surface area contributed by atoms with Gasteiger partial charge in [0.05, 0.1) is 22.3 Å². The van der Waals surface area contributed by atoms with Crippen LogP contribution in [0.3, 0.4) is 0 Å². The zero-order valence-corrected chi connectivity index (χ0v) is 19.1. The third kappa shape index (κ3) is 4.94. The molecule has 2 aromatic heterocycles. The van der Waals surface area contributed by atoms with Crippen molar-refractivity contribution in [1.29, 1.82) is 0 Å². The van der Waals surface area contributed by atoms with Crippen LogP contribution in [0, 0.1) is 6.92 Å². The van der Waals surface area contributed by atoms with Gasteiger partial charge in [0.1, 0.15) is 0 Å². The fourth-order valence-corrected chi connectivity index (χ4v) is 4.37. The summed E-state index contributed by atoms with van der Waals surface area (Å²) >= 11 is 1.31. The number of aromatic nitrogens is 2. The molecule has 0 radical (unpaired) electrons. The van der Waals surface area contributed by atoms with Gasteiger partial charge in [-0.05, 0) is 36.6 Å². The third-order valence-corrected chi connectivity index (χ3v) is 6.12. The largest absolute Gasteiger partial charge is 0.416 e. The molecular weight excluding hydrogens is 437 g/mol. The molecule has 3 N–H and O–H groups in total. The minimum Gasteiger partial charge on any atom is -0.325 e. The van der Waals surface area contributed by atoms with Gasteiger partial charge < -0.3 is 11.1 Å². The van der Waals surface area contributed by atoms with E-state index in [1.807, 2.05) is 20.2 Å². The van der Waals surface area contributed by atoms with Gasteiger partial charge in [0.2, 0.25) is 0 Å². The molecule has 9 heteroatoms. The van der Waals surface area contributed by atoms with Crippen molar-refractivity contribution in [1.82, 2.24) is 15.1 Å². The molecule has 3 aromatic rings. The monoisotopic (exact) mass is 462 g/mol. The summed E-state index contributed by atoms with van der Waals surface area (Å²) in [5.41, 5.74) is 8.00. The number of nitrogens with zero attached hydrogens (tertiary/aromatic N) is 2. The molecule has 3 rings (SSSR count). The summed E-state index contributed by atoms with van der Waals surface area (Å²) in [5.74, 6) is -0.158. The predicted molar refractivity (Wildman–Crippen MR) is 121 cm³/mol. The summed E-state index contributed by atoms with van der Waals surface area (Å²) in [6.07, 6.45) is -1.42. The minimum absolute atomic E-state index is 0.0553. The lowest BCUT2D eigenvalue weighted by Gasteiger charge is -2.12. The van der Waals surface area contributed by atoms with Gasteiger partial charge in [0.15, 0.2) is 0 Å². The fraction of sp³-hybridized carbons (Fsp3) is 0.304. The molecule has 1 amide bonds. The first-order valence-corrected chi connectivity index (χ1v) is 10.9. The van der Waals surface area contributed by atoms with E-state index in [-0.39, 0.29) is 23.7 Å². The molecule has 0 saturated carbocycles. The minimum atomic E-state index is -4.51. The zero-order valence-electron chi connectivity index (χ0n) is 18.2. The lowest BCUT2D eigenvalue weighted by molar-refractivity contribution is -0.137. The van der Waals surface area contributed by atoms with Crippen LogP contribution in [0.15, 0.2) is 42.2 Å². The SMILES string of the molecule is Cc1sc(C(=O)N/C(=C/c2ccccc2C(F)(F)F)CN)cc1-c1c(C(C)C)cnn1C. The number of hydrogen-bond acceptors (Lipinski definition) is 4. The molecule has 170 valence electrons. The number of nitrogens with one attached hydrogen (secondary N) is 1. The Balaban J connectivity index is 1.91. The van der Waals surface area contributed by atoms with Gasteiger partial charge in [0.25, 0.3) is 5.91 Å². The maximum atomic E-state index is 13.3. The Morgan fingerprint density at radius 1 is 1.31 bits per heavy atom. The average Bonchev–Trinajstić information content (AvgIpc) is 3.29. The van der Waals surface area contributed by atoms with Crippen LogP contribution in [0.25, 0.3) is 17.3 Å². The highest BCUT2D eigenvalue weighted by Crippen LogP contribution is 2.36. The molecular formula is C23H25F3N4OS. The van der Waals surface area contributed by atoms with Gasteiger partial charge in [-0.2, -0.15) is 18.3 Å². The second kappa shape index (κ2) is 9.30. The highest BCUT2D eigenvalue weighted by molar-refractivity contribution is 7.14. The van der Waals surface area contributed by atoms with Crippen molar-refractivity contribution >= 4 is 23.3 Å². The van der Waals surface area contributed by atoms with Gasteiger partial charge in [0, 0.05) is 35.3 Å². The Bertz CT molecular complexity index is 1160. The second-order valence-electron chi connectivity index (χ2n) is 7.72. The van der Waals surface area contributed by atoms with E-state index in [0.717, 1.165) is 27.8 Å². The van der Waals surface area contributed by atoms with Crippen LogP contribution < -0.4 is 11.1 Å². The van der Waals surface area contributed by atoms with E-state index in [2.05, 4.69) is 24.3 Å². The van der Waals surface area contributed by atoms with Crippen LogP contribution in [0.4, 0.5) is 13.2 Å². The Labute approximate surface area is 188 Å². The first-order valence-electron chi connectivity index (χ1n) is 10.0. The van der Waals surface area contributed by atoms with Crippen molar-refractivity contribution in [2.24, 2.45) is 12.8 Å². The van der Waals surface area contributed by atoms with E-state index in [1.54, 1.807) is 10.7 Å². The summed E-state index contributed by atoms with van der Waals surface area (Å²) < 4.78 is 41.6. The number of carbonyl (C=O) groups excluding carboxylic acids is 1. The molecule has 5 nitrogen and oxygen atoms in total.